The molecule has 2 rings (SSSR count). The van der Waals surface area contributed by atoms with E-state index in [1.54, 1.807) is 4.90 Å². The van der Waals surface area contributed by atoms with Gasteiger partial charge in [-0.25, -0.2) is 0 Å². The van der Waals surface area contributed by atoms with Crippen LogP contribution in [0.2, 0.25) is 0 Å². The summed E-state index contributed by atoms with van der Waals surface area (Å²) in [6.45, 7) is 4.61. The zero-order valence-corrected chi connectivity index (χ0v) is 16.4. The van der Waals surface area contributed by atoms with Crippen molar-refractivity contribution < 1.29 is 19.1 Å². The summed E-state index contributed by atoms with van der Waals surface area (Å²) in [7, 11) is 0. The molecule has 7 nitrogen and oxygen atoms in total. The van der Waals surface area contributed by atoms with Gasteiger partial charge in [-0.15, -0.1) is 0 Å². The quantitative estimate of drug-likeness (QED) is 0.534. The second-order valence-electron chi connectivity index (χ2n) is 7.12. The van der Waals surface area contributed by atoms with E-state index < -0.39 is 12.0 Å². The first-order valence-corrected chi connectivity index (χ1v) is 9.89. The highest BCUT2D eigenvalue weighted by molar-refractivity contribution is 7.80. The first-order chi connectivity index (χ1) is 12.4. The highest BCUT2D eigenvalue weighted by Crippen LogP contribution is 2.27. The molecule has 0 aromatic rings. The molecule has 1 aliphatic carbocycles. The van der Waals surface area contributed by atoms with Gasteiger partial charge < -0.3 is 20.3 Å². The summed E-state index contributed by atoms with van der Waals surface area (Å²) in [5.74, 6) is -0.409. The number of rotatable bonds is 6. The second-order valence-corrected chi connectivity index (χ2v) is 7.51. The van der Waals surface area contributed by atoms with Gasteiger partial charge >= 0.3 is 5.97 Å². The number of piperazine rings is 1. The van der Waals surface area contributed by atoms with Crippen molar-refractivity contribution in [1.82, 2.24) is 15.5 Å². The van der Waals surface area contributed by atoms with E-state index in [9.17, 15) is 14.4 Å². The SMILES string of the molecule is CCC(C)OC(=O)CC1C(=O)NCCN1C(=S)NC(=O)CC1CCCC1. The van der Waals surface area contributed by atoms with E-state index in [1.807, 2.05) is 13.8 Å². The molecule has 2 fully saturated rings. The maximum absolute atomic E-state index is 12.2. The number of hydrogen-bond donors (Lipinski definition) is 2. The Morgan fingerprint density at radius 2 is 2.04 bits per heavy atom. The molecular weight excluding hydrogens is 354 g/mol. The molecule has 1 aliphatic heterocycles. The van der Waals surface area contributed by atoms with E-state index >= 15 is 0 Å². The predicted molar refractivity (Wildman–Crippen MR) is 101 cm³/mol. The van der Waals surface area contributed by atoms with Gasteiger partial charge in [0, 0.05) is 19.5 Å². The van der Waals surface area contributed by atoms with Crippen molar-refractivity contribution in [3.8, 4) is 0 Å². The third-order valence-corrected chi connectivity index (χ3v) is 5.39. The molecule has 1 saturated carbocycles. The van der Waals surface area contributed by atoms with E-state index in [4.69, 9.17) is 17.0 Å². The highest BCUT2D eigenvalue weighted by atomic mass is 32.1. The van der Waals surface area contributed by atoms with Crippen LogP contribution in [0, 0.1) is 5.92 Å². The summed E-state index contributed by atoms with van der Waals surface area (Å²) in [4.78, 5) is 38.2. The van der Waals surface area contributed by atoms with Crippen molar-refractivity contribution in [2.75, 3.05) is 13.1 Å². The van der Waals surface area contributed by atoms with Gasteiger partial charge in [-0.05, 0) is 44.3 Å². The minimum absolute atomic E-state index is 0.0885. The number of esters is 1. The van der Waals surface area contributed by atoms with Crippen LogP contribution < -0.4 is 10.6 Å². The Balaban J connectivity index is 1.92. The first kappa shape index (κ1) is 20.6. The molecule has 1 saturated heterocycles. The molecule has 1 heterocycles. The van der Waals surface area contributed by atoms with Crippen molar-refractivity contribution in [1.29, 1.82) is 0 Å². The topological polar surface area (TPSA) is 87.7 Å². The Kier molecular flexibility index (Phi) is 7.81. The van der Waals surface area contributed by atoms with Crippen LogP contribution in [0.3, 0.4) is 0 Å². The summed E-state index contributed by atoms with van der Waals surface area (Å²) < 4.78 is 5.27. The Morgan fingerprint density at radius 1 is 1.35 bits per heavy atom. The lowest BCUT2D eigenvalue weighted by atomic mass is 10.0. The van der Waals surface area contributed by atoms with Gasteiger partial charge in [-0.2, -0.15) is 0 Å². The minimum Gasteiger partial charge on any atom is -0.463 e. The van der Waals surface area contributed by atoms with Gasteiger partial charge in [-0.1, -0.05) is 19.8 Å². The van der Waals surface area contributed by atoms with Crippen LogP contribution in [0.1, 0.15) is 58.8 Å². The zero-order valence-electron chi connectivity index (χ0n) is 15.6. The lowest BCUT2D eigenvalue weighted by Gasteiger charge is -2.36. The normalized spacial score (nSPS) is 21.8. The van der Waals surface area contributed by atoms with Gasteiger partial charge in [0.25, 0.3) is 0 Å². The fourth-order valence-corrected chi connectivity index (χ4v) is 3.73. The molecule has 0 radical (unpaired) electrons. The first-order valence-electron chi connectivity index (χ1n) is 9.48. The summed E-state index contributed by atoms with van der Waals surface area (Å²) in [6, 6.07) is -0.750. The van der Waals surface area contributed by atoms with Gasteiger partial charge in [0.15, 0.2) is 5.11 Å². The van der Waals surface area contributed by atoms with Crippen molar-refractivity contribution in [2.24, 2.45) is 5.92 Å². The van der Waals surface area contributed by atoms with Crippen LogP contribution >= 0.6 is 12.2 Å². The number of thiocarbonyl (C=S) groups is 1. The Labute approximate surface area is 160 Å². The fourth-order valence-electron chi connectivity index (χ4n) is 3.39. The molecule has 0 aromatic carbocycles. The predicted octanol–water partition coefficient (Wildman–Crippen LogP) is 1.50. The molecule has 0 spiro atoms. The standard InChI is InChI=1S/C18H29N3O4S/c1-3-12(2)25-16(23)11-14-17(24)19-8-9-21(14)18(26)20-15(22)10-13-6-4-5-7-13/h12-14H,3-11H2,1-2H3,(H,19,24)(H,20,22,26). The van der Waals surface area contributed by atoms with Crippen LogP contribution in [-0.2, 0) is 19.1 Å². The average Bonchev–Trinajstić information content (AvgIpc) is 3.09. The van der Waals surface area contributed by atoms with Crippen LogP contribution in [0.25, 0.3) is 0 Å². The third-order valence-electron chi connectivity index (χ3n) is 5.05. The van der Waals surface area contributed by atoms with Gasteiger partial charge in [0.1, 0.15) is 6.04 Å². The average molecular weight is 384 g/mol. The molecule has 2 amide bonds. The largest absolute Gasteiger partial charge is 0.463 e. The molecule has 0 bridgehead atoms. The van der Waals surface area contributed by atoms with E-state index in [-0.39, 0.29) is 29.5 Å². The third kappa shape index (κ3) is 5.93. The van der Waals surface area contributed by atoms with Crippen LogP contribution in [-0.4, -0.2) is 53.0 Å². The number of ether oxygens (including phenoxy) is 1. The van der Waals surface area contributed by atoms with Crippen molar-refractivity contribution in [3.05, 3.63) is 0 Å². The molecule has 2 atom stereocenters. The van der Waals surface area contributed by atoms with E-state index in [2.05, 4.69) is 10.6 Å². The van der Waals surface area contributed by atoms with E-state index in [1.165, 1.54) is 12.8 Å². The molecule has 2 aliphatic rings. The second kappa shape index (κ2) is 9.85. The number of hydrogen-bond acceptors (Lipinski definition) is 5. The minimum atomic E-state index is -0.750. The van der Waals surface area contributed by atoms with Crippen LogP contribution in [0.4, 0.5) is 0 Å². The Bertz CT molecular complexity index is 549. The van der Waals surface area contributed by atoms with Crippen LogP contribution in [0.5, 0.6) is 0 Å². The summed E-state index contributed by atoms with van der Waals surface area (Å²) in [5, 5.41) is 5.69. The van der Waals surface area contributed by atoms with E-state index in [0.29, 0.717) is 31.8 Å². The smallest absolute Gasteiger partial charge is 0.308 e. The summed E-state index contributed by atoms with van der Waals surface area (Å²) in [5.41, 5.74) is 0. The number of nitrogens with one attached hydrogen (secondary N) is 2. The molecule has 8 heteroatoms. The Hall–Kier alpha value is -1.70. The lowest BCUT2D eigenvalue weighted by Crippen LogP contribution is -2.60. The van der Waals surface area contributed by atoms with Gasteiger partial charge in [0.05, 0.1) is 12.5 Å². The summed E-state index contributed by atoms with van der Waals surface area (Å²) >= 11 is 5.35. The molecule has 26 heavy (non-hydrogen) atoms. The Morgan fingerprint density at radius 3 is 2.69 bits per heavy atom. The number of amides is 2. The number of carbonyl (C=O) groups excluding carboxylic acids is 3. The monoisotopic (exact) mass is 383 g/mol. The lowest BCUT2D eigenvalue weighted by molar-refractivity contribution is -0.151. The zero-order chi connectivity index (χ0) is 19.1. The van der Waals surface area contributed by atoms with Crippen molar-refractivity contribution in [3.63, 3.8) is 0 Å². The molecule has 2 N–H and O–H groups in total. The maximum Gasteiger partial charge on any atom is 0.308 e. The van der Waals surface area contributed by atoms with Crippen molar-refractivity contribution >= 4 is 35.1 Å². The molecule has 2 unspecified atom stereocenters. The maximum atomic E-state index is 12.2. The number of carbonyl (C=O) groups is 3. The summed E-state index contributed by atoms with van der Waals surface area (Å²) in [6.07, 6.45) is 5.40. The van der Waals surface area contributed by atoms with Crippen LogP contribution in [0.15, 0.2) is 0 Å². The molecule has 146 valence electrons. The highest BCUT2D eigenvalue weighted by Gasteiger charge is 2.34. The van der Waals surface area contributed by atoms with Gasteiger partial charge in [-0.3, -0.25) is 14.4 Å². The molecule has 0 aromatic heterocycles. The molecular formula is C18H29N3O4S. The number of nitrogens with zero attached hydrogens (tertiary/aromatic N) is 1. The van der Waals surface area contributed by atoms with Crippen molar-refractivity contribution in [2.45, 2.75) is 70.9 Å². The fraction of sp³-hybridized carbons (Fsp3) is 0.778. The van der Waals surface area contributed by atoms with E-state index in [0.717, 1.165) is 12.8 Å². The van der Waals surface area contributed by atoms with Gasteiger partial charge in [0.2, 0.25) is 11.8 Å².